The van der Waals surface area contributed by atoms with E-state index in [0.29, 0.717) is 0 Å². The highest BCUT2D eigenvalue weighted by molar-refractivity contribution is 5.42. The van der Waals surface area contributed by atoms with Gasteiger partial charge in [0, 0.05) is 18.3 Å². The summed E-state index contributed by atoms with van der Waals surface area (Å²) in [5.41, 5.74) is 8.34. The minimum atomic E-state index is 0.0291. The lowest BCUT2D eigenvalue weighted by Crippen LogP contribution is -2.20. The zero-order valence-corrected chi connectivity index (χ0v) is 9.14. The van der Waals surface area contributed by atoms with Crippen LogP contribution < -0.4 is 11.1 Å². The Morgan fingerprint density at radius 2 is 1.44 bits per heavy atom. The average molecular weight is 212 g/mol. The third kappa shape index (κ3) is 2.84. The normalized spacial score (nSPS) is 12.1. The summed E-state index contributed by atoms with van der Waals surface area (Å²) in [7, 11) is 0. The van der Waals surface area contributed by atoms with Gasteiger partial charge >= 0.3 is 0 Å². The fourth-order valence-corrected chi connectivity index (χ4v) is 1.60. The molecule has 0 amide bonds. The summed E-state index contributed by atoms with van der Waals surface area (Å²) in [6.07, 6.45) is 0. The van der Waals surface area contributed by atoms with Crippen molar-refractivity contribution in [1.29, 1.82) is 0 Å². The van der Waals surface area contributed by atoms with Crippen LogP contribution in [-0.2, 0) is 0 Å². The van der Waals surface area contributed by atoms with Gasteiger partial charge in [0.05, 0.1) is 0 Å². The molecule has 0 aliphatic carbocycles. The van der Waals surface area contributed by atoms with E-state index in [1.54, 1.807) is 0 Å². The van der Waals surface area contributed by atoms with Crippen LogP contribution in [0.3, 0.4) is 0 Å². The summed E-state index contributed by atoms with van der Waals surface area (Å²) in [6.45, 7) is 0.744. The molecule has 0 aliphatic rings. The Morgan fingerprint density at radius 1 is 0.875 bits per heavy atom. The molecule has 2 aromatic rings. The van der Waals surface area contributed by atoms with Gasteiger partial charge in [-0.15, -0.1) is 0 Å². The van der Waals surface area contributed by atoms with Gasteiger partial charge in [-0.05, 0) is 17.7 Å². The number of para-hydroxylation sites is 1. The first-order valence-electron chi connectivity index (χ1n) is 5.46. The molecule has 2 heteroatoms. The molecule has 0 unspecified atom stereocenters. The quantitative estimate of drug-likeness (QED) is 0.817. The van der Waals surface area contributed by atoms with Crippen LogP contribution in [0.2, 0.25) is 0 Å². The number of hydrogen-bond acceptors (Lipinski definition) is 2. The van der Waals surface area contributed by atoms with E-state index in [-0.39, 0.29) is 6.04 Å². The molecule has 1 atom stereocenters. The summed E-state index contributed by atoms with van der Waals surface area (Å²) in [4.78, 5) is 0. The number of anilines is 1. The minimum Gasteiger partial charge on any atom is -0.383 e. The minimum absolute atomic E-state index is 0.0291. The van der Waals surface area contributed by atoms with Crippen molar-refractivity contribution in [1.82, 2.24) is 0 Å². The molecule has 0 saturated carbocycles. The fraction of sp³-hybridized carbons (Fsp3) is 0.143. The molecule has 3 N–H and O–H groups in total. The Hall–Kier alpha value is -1.80. The highest BCUT2D eigenvalue weighted by Gasteiger charge is 2.03. The Balaban J connectivity index is 1.92. The van der Waals surface area contributed by atoms with Crippen LogP contribution in [0.5, 0.6) is 0 Å². The first-order valence-corrected chi connectivity index (χ1v) is 5.46. The van der Waals surface area contributed by atoms with Crippen molar-refractivity contribution in [3.05, 3.63) is 66.2 Å². The predicted octanol–water partition coefficient (Wildman–Crippen LogP) is 2.80. The van der Waals surface area contributed by atoms with Gasteiger partial charge in [-0.2, -0.15) is 0 Å². The number of hydrogen-bond donors (Lipinski definition) is 2. The maximum absolute atomic E-state index is 6.08. The zero-order chi connectivity index (χ0) is 11.2. The maximum atomic E-state index is 6.08. The Kier molecular flexibility index (Phi) is 3.57. The van der Waals surface area contributed by atoms with Gasteiger partial charge in [0.2, 0.25) is 0 Å². The highest BCUT2D eigenvalue weighted by atomic mass is 14.9. The summed E-state index contributed by atoms with van der Waals surface area (Å²) in [6, 6.07) is 20.3. The molecule has 2 nitrogen and oxygen atoms in total. The maximum Gasteiger partial charge on any atom is 0.0470 e. The lowest BCUT2D eigenvalue weighted by molar-refractivity contribution is 0.764. The monoisotopic (exact) mass is 212 g/mol. The molecule has 0 radical (unpaired) electrons. The molecule has 0 fully saturated rings. The van der Waals surface area contributed by atoms with E-state index in [4.69, 9.17) is 5.73 Å². The molecule has 0 bridgehead atoms. The van der Waals surface area contributed by atoms with Gasteiger partial charge in [0.15, 0.2) is 0 Å². The predicted molar refractivity (Wildman–Crippen MR) is 68.3 cm³/mol. The largest absolute Gasteiger partial charge is 0.383 e. The SMILES string of the molecule is N[C@@H](CNc1ccccc1)c1ccccc1. The second kappa shape index (κ2) is 5.33. The van der Waals surface area contributed by atoms with Gasteiger partial charge in [0.25, 0.3) is 0 Å². The van der Waals surface area contributed by atoms with Gasteiger partial charge in [-0.25, -0.2) is 0 Å². The van der Waals surface area contributed by atoms with Crippen molar-refractivity contribution in [3.63, 3.8) is 0 Å². The lowest BCUT2D eigenvalue weighted by atomic mass is 10.1. The number of nitrogens with one attached hydrogen (secondary N) is 1. The summed E-state index contributed by atoms with van der Waals surface area (Å²) in [5, 5.41) is 3.32. The Bertz CT molecular complexity index is 411. The summed E-state index contributed by atoms with van der Waals surface area (Å²) < 4.78 is 0. The summed E-state index contributed by atoms with van der Waals surface area (Å²) in [5.74, 6) is 0. The van der Waals surface area contributed by atoms with E-state index in [0.717, 1.165) is 17.8 Å². The molecule has 82 valence electrons. The van der Waals surface area contributed by atoms with Crippen LogP contribution >= 0.6 is 0 Å². The van der Waals surface area contributed by atoms with Crippen molar-refractivity contribution in [3.8, 4) is 0 Å². The molecule has 0 saturated heterocycles. The average Bonchev–Trinajstić information content (AvgIpc) is 2.38. The molecular formula is C14H16N2. The van der Waals surface area contributed by atoms with Crippen LogP contribution in [0, 0.1) is 0 Å². The Labute approximate surface area is 96.1 Å². The standard InChI is InChI=1S/C14H16N2/c15-14(12-7-3-1-4-8-12)11-16-13-9-5-2-6-10-13/h1-10,14,16H,11,15H2/t14-/m0/s1. The number of nitrogens with two attached hydrogens (primary N) is 1. The van der Waals surface area contributed by atoms with E-state index in [2.05, 4.69) is 17.4 Å². The first kappa shape index (κ1) is 10.7. The van der Waals surface area contributed by atoms with E-state index < -0.39 is 0 Å². The van der Waals surface area contributed by atoms with Crippen LogP contribution in [0.25, 0.3) is 0 Å². The molecule has 0 spiro atoms. The molecule has 2 rings (SSSR count). The number of benzene rings is 2. The summed E-state index contributed by atoms with van der Waals surface area (Å²) >= 11 is 0. The molecule has 0 aromatic heterocycles. The third-order valence-electron chi connectivity index (χ3n) is 2.53. The fourth-order valence-electron chi connectivity index (χ4n) is 1.60. The van der Waals surface area contributed by atoms with Crippen molar-refractivity contribution in [2.75, 3.05) is 11.9 Å². The van der Waals surface area contributed by atoms with Crippen LogP contribution in [0.4, 0.5) is 5.69 Å². The molecule has 2 aromatic carbocycles. The number of rotatable bonds is 4. The molecular weight excluding hydrogens is 196 g/mol. The third-order valence-corrected chi connectivity index (χ3v) is 2.53. The molecule has 16 heavy (non-hydrogen) atoms. The van der Waals surface area contributed by atoms with E-state index >= 15 is 0 Å². The van der Waals surface area contributed by atoms with Crippen molar-refractivity contribution < 1.29 is 0 Å². The zero-order valence-electron chi connectivity index (χ0n) is 9.14. The smallest absolute Gasteiger partial charge is 0.0470 e. The van der Waals surface area contributed by atoms with E-state index in [9.17, 15) is 0 Å². The second-order valence-corrected chi connectivity index (χ2v) is 3.76. The van der Waals surface area contributed by atoms with Gasteiger partial charge in [-0.3, -0.25) is 0 Å². The van der Waals surface area contributed by atoms with Gasteiger partial charge < -0.3 is 11.1 Å². The first-order chi connectivity index (χ1) is 7.86. The van der Waals surface area contributed by atoms with Crippen molar-refractivity contribution >= 4 is 5.69 Å². The Morgan fingerprint density at radius 3 is 2.06 bits per heavy atom. The van der Waals surface area contributed by atoms with Crippen molar-refractivity contribution in [2.45, 2.75) is 6.04 Å². The van der Waals surface area contributed by atoms with Crippen molar-refractivity contribution in [2.24, 2.45) is 5.73 Å². The van der Waals surface area contributed by atoms with Crippen LogP contribution in [0.15, 0.2) is 60.7 Å². The molecule has 0 heterocycles. The second-order valence-electron chi connectivity index (χ2n) is 3.76. The van der Waals surface area contributed by atoms with E-state index in [1.807, 2.05) is 48.5 Å². The highest BCUT2D eigenvalue weighted by Crippen LogP contribution is 2.11. The molecule has 0 aliphatic heterocycles. The topological polar surface area (TPSA) is 38.0 Å². The van der Waals surface area contributed by atoms with Gasteiger partial charge in [-0.1, -0.05) is 48.5 Å². The van der Waals surface area contributed by atoms with Gasteiger partial charge in [0.1, 0.15) is 0 Å². The lowest BCUT2D eigenvalue weighted by Gasteiger charge is -2.13. The van der Waals surface area contributed by atoms with E-state index in [1.165, 1.54) is 0 Å². The van der Waals surface area contributed by atoms with Crippen LogP contribution in [-0.4, -0.2) is 6.54 Å². The van der Waals surface area contributed by atoms with Crippen LogP contribution in [0.1, 0.15) is 11.6 Å².